The van der Waals surface area contributed by atoms with Crippen LogP contribution < -0.4 is 0 Å². The summed E-state index contributed by atoms with van der Waals surface area (Å²) < 4.78 is 45.2. The SMILES string of the molecule is COC1C(C)OC(O)C(OC2OC(C)C(OC)C(OC)C2OC)C1OC. The van der Waals surface area contributed by atoms with Gasteiger partial charge in [-0.25, -0.2) is 0 Å². The van der Waals surface area contributed by atoms with Gasteiger partial charge in [0, 0.05) is 35.5 Å². The third-order valence-electron chi connectivity index (χ3n) is 5.12. The maximum absolute atomic E-state index is 10.4. The molecule has 0 radical (unpaired) electrons. The van der Waals surface area contributed by atoms with Crippen molar-refractivity contribution in [2.24, 2.45) is 0 Å². The fourth-order valence-electron chi connectivity index (χ4n) is 3.81. The molecule has 9 nitrogen and oxygen atoms in total. The number of methoxy groups -OCH3 is 5. The normalized spacial score (nSPS) is 47.1. The lowest BCUT2D eigenvalue weighted by atomic mass is 9.97. The molecular formula is C17H32O9. The van der Waals surface area contributed by atoms with Gasteiger partial charge in [-0.15, -0.1) is 0 Å². The van der Waals surface area contributed by atoms with Crippen molar-refractivity contribution in [3.63, 3.8) is 0 Å². The molecular weight excluding hydrogens is 348 g/mol. The van der Waals surface area contributed by atoms with E-state index in [0.29, 0.717) is 0 Å². The van der Waals surface area contributed by atoms with Gasteiger partial charge >= 0.3 is 0 Å². The summed E-state index contributed by atoms with van der Waals surface area (Å²) in [5.74, 6) is 0. The summed E-state index contributed by atoms with van der Waals surface area (Å²) in [6, 6.07) is 0. The maximum Gasteiger partial charge on any atom is 0.187 e. The molecule has 1 N–H and O–H groups in total. The molecule has 2 fully saturated rings. The Balaban J connectivity index is 2.20. The molecule has 10 unspecified atom stereocenters. The van der Waals surface area contributed by atoms with Crippen molar-refractivity contribution in [2.75, 3.05) is 35.5 Å². The summed E-state index contributed by atoms with van der Waals surface area (Å²) in [5, 5.41) is 10.4. The minimum atomic E-state index is -1.20. The third-order valence-corrected chi connectivity index (χ3v) is 5.12. The predicted molar refractivity (Wildman–Crippen MR) is 89.7 cm³/mol. The van der Waals surface area contributed by atoms with Crippen LogP contribution in [0.25, 0.3) is 0 Å². The second kappa shape index (κ2) is 9.72. The van der Waals surface area contributed by atoms with E-state index in [1.165, 1.54) is 7.11 Å². The van der Waals surface area contributed by atoms with Gasteiger partial charge in [-0.3, -0.25) is 0 Å². The van der Waals surface area contributed by atoms with E-state index in [4.69, 9.17) is 37.9 Å². The molecule has 0 aromatic heterocycles. The summed E-state index contributed by atoms with van der Waals surface area (Å²) in [4.78, 5) is 0. The topological polar surface area (TPSA) is 94.1 Å². The van der Waals surface area contributed by atoms with Crippen molar-refractivity contribution < 1.29 is 43.0 Å². The summed E-state index contributed by atoms with van der Waals surface area (Å²) in [6.45, 7) is 3.67. The molecule has 0 aromatic carbocycles. The lowest BCUT2D eigenvalue weighted by Gasteiger charge is -2.47. The first-order valence-corrected chi connectivity index (χ1v) is 8.71. The van der Waals surface area contributed by atoms with E-state index in [-0.39, 0.29) is 18.3 Å². The van der Waals surface area contributed by atoms with E-state index in [1.807, 2.05) is 6.92 Å². The summed E-state index contributed by atoms with van der Waals surface area (Å²) in [7, 11) is 7.81. The smallest absolute Gasteiger partial charge is 0.187 e. The Kier molecular flexibility index (Phi) is 8.20. The maximum atomic E-state index is 10.4. The van der Waals surface area contributed by atoms with Gasteiger partial charge in [0.15, 0.2) is 12.6 Å². The molecule has 0 bridgehead atoms. The summed E-state index contributed by atoms with van der Waals surface area (Å²) >= 11 is 0. The Morgan fingerprint density at radius 1 is 0.577 bits per heavy atom. The largest absolute Gasteiger partial charge is 0.376 e. The number of ether oxygens (including phenoxy) is 8. The van der Waals surface area contributed by atoms with Crippen molar-refractivity contribution in [3.05, 3.63) is 0 Å². The Bertz CT molecular complexity index is 423. The summed E-state index contributed by atoms with van der Waals surface area (Å²) in [5.41, 5.74) is 0. The van der Waals surface area contributed by atoms with Gasteiger partial charge in [0.25, 0.3) is 0 Å². The van der Waals surface area contributed by atoms with Crippen LogP contribution in [0, 0.1) is 0 Å². The van der Waals surface area contributed by atoms with Crippen LogP contribution in [0.5, 0.6) is 0 Å². The number of hydrogen-bond donors (Lipinski definition) is 1. The molecule has 9 heteroatoms. The third kappa shape index (κ3) is 4.21. The van der Waals surface area contributed by atoms with Gasteiger partial charge < -0.3 is 43.0 Å². The van der Waals surface area contributed by atoms with E-state index < -0.39 is 43.1 Å². The molecule has 0 aromatic rings. The second-order valence-corrected chi connectivity index (χ2v) is 6.54. The van der Waals surface area contributed by atoms with Crippen LogP contribution in [0.1, 0.15) is 13.8 Å². The summed E-state index contributed by atoms with van der Waals surface area (Å²) in [6.07, 6.45) is -5.72. The van der Waals surface area contributed by atoms with Crippen molar-refractivity contribution in [2.45, 2.75) is 75.3 Å². The van der Waals surface area contributed by atoms with Crippen molar-refractivity contribution >= 4 is 0 Å². The fourth-order valence-corrected chi connectivity index (χ4v) is 3.81. The molecule has 2 heterocycles. The quantitative estimate of drug-likeness (QED) is 0.651. The molecule has 0 saturated carbocycles. The van der Waals surface area contributed by atoms with Gasteiger partial charge in [0.05, 0.1) is 12.2 Å². The van der Waals surface area contributed by atoms with Crippen LogP contribution in [0.2, 0.25) is 0 Å². The first kappa shape index (κ1) is 21.9. The predicted octanol–water partition coefficient (Wildman–Crippen LogP) is -0.0715. The molecule has 154 valence electrons. The molecule has 2 rings (SSSR count). The Morgan fingerprint density at radius 2 is 1.00 bits per heavy atom. The van der Waals surface area contributed by atoms with E-state index in [1.54, 1.807) is 35.4 Å². The van der Waals surface area contributed by atoms with Gasteiger partial charge in [0.2, 0.25) is 0 Å². The lowest BCUT2D eigenvalue weighted by Crippen LogP contribution is -2.64. The standard InChI is InChI=1S/C17H32O9/c1-8-10(19-3)12(21-5)14(16(18)24-8)26-17-15(23-7)13(22-6)11(20-4)9(2)25-17/h8-18H,1-7H3. The lowest BCUT2D eigenvalue weighted by molar-refractivity contribution is -0.363. The average molecular weight is 380 g/mol. The van der Waals surface area contributed by atoms with E-state index in [9.17, 15) is 5.11 Å². The van der Waals surface area contributed by atoms with Crippen LogP contribution in [-0.2, 0) is 37.9 Å². The van der Waals surface area contributed by atoms with E-state index >= 15 is 0 Å². The van der Waals surface area contributed by atoms with Crippen LogP contribution >= 0.6 is 0 Å². The highest BCUT2D eigenvalue weighted by atomic mass is 16.7. The Hall–Kier alpha value is -0.360. The van der Waals surface area contributed by atoms with E-state index in [0.717, 1.165) is 0 Å². The zero-order valence-electron chi connectivity index (χ0n) is 16.5. The minimum Gasteiger partial charge on any atom is -0.376 e. The highest BCUT2D eigenvalue weighted by Crippen LogP contribution is 2.32. The van der Waals surface area contributed by atoms with Crippen LogP contribution in [0.15, 0.2) is 0 Å². The highest BCUT2D eigenvalue weighted by Gasteiger charge is 2.51. The van der Waals surface area contributed by atoms with Crippen molar-refractivity contribution in [3.8, 4) is 0 Å². The monoisotopic (exact) mass is 380 g/mol. The van der Waals surface area contributed by atoms with E-state index in [2.05, 4.69) is 0 Å². The number of rotatable bonds is 7. The average Bonchev–Trinajstić information content (AvgIpc) is 2.62. The number of aliphatic hydroxyl groups excluding tert-OH is 1. The van der Waals surface area contributed by atoms with Crippen LogP contribution in [0.3, 0.4) is 0 Å². The van der Waals surface area contributed by atoms with Crippen LogP contribution in [0.4, 0.5) is 0 Å². The van der Waals surface area contributed by atoms with Crippen molar-refractivity contribution in [1.82, 2.24) is 0 Å². The Morgan fingerprint density at radius 3 is 1.46 bits per heavy atom. The van der Waals surface area contributed by atoms with Gasteiger partial charge in [0.1, 0.15) is 36.6 Å². The van der Waals surface area contributed by atoms with Gasteiger partial charge in [-0.2, -0.15) is 0 Å². The fraction of sp³-hybridized carbons (Fsp3) is 1.00. The molecule has 2 aliphatic rings. The first-order chi connectivity index (χ1) is 12.4. The zero-order valence-corrected chi connectivity index (χ0v) is 16.5. The molecule has 26 heavy (non-hydrogen) atoms. The Labute approximate surface area is 154 Å². The first-order valence-electron chi connectivity index (χ1n) is 8.71. The molecule has 0 spiro atoms. The van der Waals surface area contributed by atoms with Gasteiger partial charge in [-0.1, -0.05) is 0 Å². The molecule has 0 amide bonds. The number of hydrogen-bond acceptors (Lipinski definition) is 9. The minimum absolute atomic E-state index is 0.304. The van der Waals surface area contributed by atoms with Crippen molar-refractivity contribution in [1.29, 1.82) is 0 Å². The van der Waals surface area contributed by atoms with Crippen LogP contribution in [-0.4, -0.2) is 102 Å². The molecule has 2 aliphatic heterocycles. The molecule has 10 atom stereocenters. The second-order valence-electron chi connectivity index (χ2n) is 6.54. The van der Waals surface area contributed by atoms with Gasteiger partial charge in [-0.05, 0) is 13.8 Å². The molecule has 2 saturated heterocycles. The zero-order chi connectivity index (χ0) is 19.4. The number of aliphatic hydroxyl groups is 1. The molecule has 0 aliphatic carbocycles. The highest BCUT2D eigenvalue weighted by molar-refractivity contribution is 4.94.